The molecule has 0 fully saturated rings. The third-order valence-corrected chi connectivity index (χ3v) is 4.55. The van der Waals surface area contributed by atoms with E-state index in [-0.39, 0.29) is 11.7 Å². The molecule has 0 aromatic carbocycles. The Hall–Kier alpha value is -0.0800. The molecule has 22 heavy (non-hydrogen) atoms. The highest BCUT2D eigenvalue weighted by Crippen LogP contribution is 2.33. The van der Waals surface area contributed by atoms with Gasteiger partial charge in [-0.1, -0.05) is 72.1 Å². The van der Waals surface area contributed by atoms with Crippen molar-refractivity contribution in [1.29, 1.82) is 0 Å². The van der Waals surface area contributed by atoms with Gasteiger partial charge in [-0.2, -0.15) is 0 Å². The molecule has 0 radical (unpaired) electrons. The molecule has 2 nitrogen and oxygen atoms in total. The van der Waals surface area contributed by atoms with Crippen LogP contribution in [0.3, 0.4) is 0 Å². The van der Waals surface area contributed by atoms with Crippen LogP contribution in [0.15, 0.2) is 0 Å². The number of hydrogen-bond donors (Lipinski definition) is 0. The summed E-state index contributed by atoms with van der Waals surface area (Å²) in [5.74, 6) is 0. The first-order chi connectivity index (χ1) is 10.7. The largest absolute Gasteiger partial charge is 0.376 e. The standard InChI is InChI=1S/C20H42O2/c1-6-11-12-13-14-15-16-19(21-9-4)20(17-7-2,18-8-3)22-10-5/h19H,6-18H2,1-5H3. The summed E-state index contributed by atoms with van der Waals surface area (Å²) in [5.41, 5.74) is -0.0579. The highest BCUT2D eigenvalue weighted by molar-refractivity contribution is 4.89. The quantitative estimate of drug-likeness (QED) is 0.302. The van der Waals surface area contributed by atoms with Crippen molar-refractivity contribution in [1.82, 2.24) is 0 Å². The minimum atomic E-state index is -0.0579. The minimum absolute atomic E-state index is 0.0579. The Morgan fingerprint density at radius 1 is 0.682 bits per heavy atom. The summed E-state index contributed by atoms with van der Waals surface area (Å²) in [6, 6.07) is 0. The van der Waals surface area contributed by atoms with Crippen LogP contribution in [0.1, 0.15) is 105 Å². The molecule has 0 amide bonds. The normalized spacial score (nSPS) is 13.5. The lowest BCUT2D eigenvalue weighted by atomic mass is 9.83. The predicted molar refractivity (Wildman–Crippen MR) is 97.6 cm³/mol. The molecule has 0 aromatic heterocycles. The minimum Gasteiger partial charge on any atom is -0.376 e. The summed E-state index contributed by atoms with van der Waals surface area (Å²) >= 11 is 0. The van der Waals surface area contributed by atoms with Crippen molar-refractivity contribution >= 4 is 0 Å². The molecule has 0 aliphatic rings. The van der Waals surface area contributed by atoms with E-state index in [0.717, 1.165) is 32.5 Å². The average Bonchev–Trinajstić information content (AvgIpc) is 2.50. The zero-order valence-electron chi connectivity index (χ0n) is 16.1. The van der Waals surface area contributed by atoms with Crippen LogP contribution in [0.5, 0.6) is 0 Å². The van der Waals surface area contributed by atoms with Crippen LogP contribution in [0, 0.1) is 0 Å². The molecule has 134 valence electrons. The fourth-order valence-corrected chi connectivity index (χ4v) is 3.63. The van der Waals surface area contributed by atoms with Crippen LogP contribution in [-0.4, -0.2) is 24.9 Å². The maximum atomic E-state index is 6.30. The van der Waals surface area contributed by atoms with Crippen molar-refractivity contribution in [2.45, 2.75) is 117 Å². The van der Waals surface area contributed by atoms with E-state index in [1.54, 1.807) is 0 Å². The maximum Gasteiger partial charge on any atom is 0.0942 e. The van der Waals surface area contributed by atoms with Gasteiger partial charge in [-0.3, -0.25) is 0 Å². The molecule has 0 aromatic rings. The van der Waals surface area contributed by atoms with E-state index in [1.165, 1.54) is 51.4 Å². The second-order valence-electron chi connectivity index (χ2n) is 6.50. The van der Waals surface area contributed by atoms with E-state index in [2.05, 4.69) is 34.6 Å². The van der Waals surface area contributed by atoms with Gasteiger partial charge in [0, 0.05) is 13.2 Å². The smallest absolute Gasteiger partial charge is 0.0942 e. The van der Waals surface area contributed by atoms with E-state index >= 15 is 0 Å². The molecule has 0 spiro atoms. The molecule has 1 unspecified atom stereocenters. The Morgan fingerprint density at radius 2 is 1.27 bits per heavy atom. The Morgan fingerprint density at radius 3 is 1.77 bits per heavy atom. The van der Waals surface area contributed by atoms with Gasteiger partial charge in [0.2, 0.25) is 0 Å². The van der Waals surface area contributed by atoms with Crippen molar-refractivity contribution < 1.29 is 9.47 Å². The highest BCUT2D eigenvalue weighted by atomic mass is 16.5. The fraction of sp³-hybridized carbons (Fsp3) is 1.00. The number of unbranched alkanes of at least 4 members (excludes halogenated alkanes) is 5. The average molecular weight is 315 g/mol. The fourth-order valence-electron chi connectivity index (χ4n) is 3.63. The first-order valence-electron chi connectivity index (χ1n) is 9.96. The first-order valence-corrected chi connectivity index (χ1v) is 9.96. The zero-order chi connectivity index (χ0) is 16.7. The third kappa shape index (κ3) is 8.53. The van der Waals surface area contributed by atoms with Gasteiger partial charge in [0.1, 0.15) is 0 Å². The van der Waals surface area contributed by atoms with Crippen molar-refractivity contribution in [3.05, 3.63) is 0 Å². The summed E-state index contributed by atoms with van der Waals surface area (Å²) in [6.45, 7) is 12.6. The van der Waals surface area contributed by atoms with Crippen LogP contribution in [-0.2, 0) is 9.47 Å². The molecule has 0 aliphatic heterocycles. The first kappa shape index (κ1) is 21.9. The van der Waals surface area contributed by atoms with Gasteiger partial charge in [-0.15, -0.1) is 0 Å². The Labute approximate surface area is 140 Å². The van der Waals surface area contributed by atoms with E-state index in [1.807, 2.05) is 0 Å². The van der Waals surface area contributed by atoms with Crippen molar-refractivity contribution in [3.8, 4) is 0 Å². The Bertz CT molecular complexity index is 211. The van der Waals surface area contributed by atoms with Gasteiger partial charge < -0.3 is 9.47 Å². The lowest BCUT2D eigenvalue weighted by Crippen LogP contribution is -2.46. The van der Waals surface area contributed by atoms with E-state index in [0.29, 0.717) is 0 Å². The van der Waals surface area contributed by atoms with Crippen LogP contribution >= 0.6 is 0 Å². The zero-order valence-corrected chi connectivity index (χ0v) is 16.1. The van der Waals surface area contributed by atoms with Crippen molar-refractivity contribution in [2.24, 2.45) is 0 Å². The Kier molecular flexibility index (Phi) is 14.5. The molecule has 0 aliphatic carbocycles. The molecule has 0 N–H and O–H groups in total. The van der Waals surface area contributed by atoms with Gasteiger partial charge in [0.05, 0.1) is 11.7 Å². The molecule has 2 heteroatoms. The molecular formula is C20H42O2. The monoisotopic (exact) mass is 314 g/mol. The van der Waals surface area contributed by atoms with Gasteiger partial charge in [-0.05, 0) is 33.1 Å². The van der Waals surface area contributed by atoms with Gasteiger partial charge >= 0.3 is 0 Å². The number of ether oxygens (including phenoxy) is 2. The lowest BCUT2D eigenvalue weighted by Gasteiger charge is -2.40. The van der Waals surface area contributed by atoms with Crippen molar-refractivity contribution in [2.75, 3.05) is 13.2 Å². The Balaban J connectivity index is 4.58. The predicted octanol–water partition coefficient (Wildman–Crippen LogP) is 6.52. The van der Waals surface area contributed by atoms with Crippen molar-refractivity contribution in [3.63, 3.8) is 0 Å². The molecule has 1 atom stereocenters. The van der Waals surface area contributed by atoms with Crippen LogP contribution in [0.2, 0.25) is 0 Å². The maximum absolute atomic E-state index is 6.30. The van der Waals surface area contributed by atoms with Gasteiger partial charge in [0.25, 0.3) is 0 Å². The van der Waals surface area contributed by atoms with Crippen LogP contribution in [0.25, 0.3) is 0 Å². The summed E-state index contributed by atoms with van der Waals surface area (Å²) < 4.78 is 12.5. The van der Waals surface area contributed by atoms with Crippen LogP contribution in [0.4, 0.5) is 0 Å². The van der Waals surface area contributed by atoms with E-state index < -0.39 is 0 Å². The summed E-state index contributed by atoms with van der Waals surface area (Å²) in [5, 5.41) is 0. The molecule has 0 rings (SSSR count). The molecule has 0 saturated carbocycles. The topological polar surface area (TPSA) is 18.5 Å². The number of rotatable bonds is 16. The van der Waals surface area contributed by atoms with Crippen LogP contribution < -0.4 is 0 Å². The van der Waals surface area contributed by atoms with E-state index in [4.69, 9.17) is 9.47 Å². The van der Waals surface area contributed by atoms with E-state index in [9.17, 15) is 0 Å². The molecular weight excluding hydrogens is 272 g/mol. The molecule has 0 bridgehead atoms. The second-order valence-corrected chi connectivity index (χ2v) is 6.50. The number of hydrogen-bond acceptors (Lipinski definition) is 2. The summed E-state index contributed by atoms with van der Waals surface area (Å²) in [7, 11) is 0. The summed E-state index contributed by atoms with van der Waals surface area (Å²) in [6.07, 6.45) is 14.1. The summed E-state index contributed by atoms with van der Waals surface area (Å²) in [4.78, 5) is 0. The third-order valence-electron chi connectivity index (χ3n) is 4.55. The lowest BCUT2D eigenvalue weighted by molar-refractivity contribution is -0.154. The SMILES string of the molecule is CCCCCCCCC(OCC)C(CCC)(CCC)OCC. The molecule has 0 heterocycles. The van der Waals surface area contributed by atoms with Gasteiger partial charge in [-0.25, -0.2) is 0 Å². The molecule has 0 saturated heterocycles. The highest BCUT2D eigenvalue weighted by Gasteiger charge is 2.38. The van der Waals surface area contributed by atoms with Gasteiger partial charge in [0.15, 0.2) is 0 Å². The second kappa shape index (κ2) is 14.5.